The van der Waals surface area contributed by atoms with E-state index in [4.69, 9.17) is 0 Å². The van der Waals surface area contributed by atoms with Gasteiger partial charge in [0.15, 0.2) is 0 Å². The van der Waals surface area contributed by atoms with Crippen molar-refractivity contribution in [2.75, 3.05) is 0 Å². The zero-order valence-corrected chi connectivity index (χ0v) is 5.00. The Bertz CT molecular complexity index is 101. The van der Waals surface area contributed by atoms with E-state index in [0.717, 1.165) is 6.29 Å². The molecule has 8 heavy (non-hydrogen) atoms. The third kappa shape index (κ3) is 5.15. The molecule has 0 fully saturated rings. The summed E-state index contributed by atoms with van der Waals surface area (Å²) >= 11 is 0. The van der Waals surface area contributed by atoms with Crippen molar-refractivity contribution < 1.29 is 4.79 Å². The normalized spacial score (nSPS) is 11.1. The Hall–Kier alpha value is -0.850. The summed E-state index contributed by atoms with van der Waals surface area (Å²) in [5.41, 5.74) is 0. The van der Waals surface area contributed by atoms with Crippen molar-refractivity contribution in [3.63, 3.8) is 0 Å². The highest BCUT2D eigenvalue weighted by molar-refractivity contribution is 5.51. The Labute approximate surface area is 49.7 Å². The van der Waals surface area contributed by atoms with E-state index in [-0.39, 0.29) is 0 Å². The van der Waals surface area contributed by atoms with E-state index in [9.17, 15) is 4.79 Å². The maximum absolute atomic E-state index is 9.69. The molecule has 1 nitrogen and oxygen atoms in total. The molecule has 0 aromatic heterocycles. The van der Waals surface area contributed by atoms with E-state index in [2.05, 4.69) is 0 Å². The average Bonchev–Trinajstić information content (AvgIpc) is 1.81. The summed E-state index contributed by atoms with van der Waals surface area (Å²) in [6.45, 7) is 1.94. The first-order chi connectivity index (χ1) is 3.91. The summed E-state index contributed by atoms with van der Waals surface area (Å²) in [4.78, 5) is 9.69. The summed E-state index contributed by atoms with van der Waals surface area (Å²) in [5.74, 6) is 0. The number of aldehydes is 1. The number of carbonyl (C=O) groups is 1. The minimum atomic E-state index is 0.518. The van der Waals surface area contributed by atoms with Gasteiger partial charge in [0.25, 0.3) is 0 Å². The van der Waals surface area contributed by atoms with Crippen molar-refractivity contribution in [3.8, 4) is 0 Å². The monoisotopic (exact) mass is 110 g/mol. The van der Waals surface area contributed by atoms with E-state index < -0.39 is 0 Å². The average molecular weight is 110 g/mol. The van der Waals surface area contributed by atoms with E-state index in [1.54, 1.807) is 0 Å². The van der Waals surface area contributed by atoms with Crippen LogP contribution in [0.3, 0.4) is 0 Å². The minimum absolute atomic E-state index is 0.518. The highest BCUT2D eigenvalue weighted by Crippen LogP contribution is 1.78. The van der Waals surface area contributed by atoms with E-state index >= 15 is 0 Å². The number of allylic oxidation sites excluding steroid dienone is 4. The van der Waals surface area contributed by atoms with Crippen LogP contribution in [-0.2, 0) is 4.79 Å². The fourth-order valence-electron chi connectivity index (χ4n) is 0.324. The summed E-state index contributed by atoms with van der Waals surface area (Å²) in [6.07, 6.45) is 8.87. The SMILES string of the molecule is C/C=C\C=C/CC=O. The lowest BCUT2D eigenvalue weighted by Gasteiger charge is -1.70. The quantitative estimate of drug-likeness (QED) is 0.399. The predicted octanol–water partition coefficient (Wildman–Crippen LogP) is 1.71. The van der Waals surface area contributed by atoms with Crippen LogP contribution in [0.2, 0.25) is 0 Å². The van der Waals surface area contributed by atoms with Crippen LogP contribution in [0.4, 0.5) is 0 Å². The smallest absolute Gasteiger partial charge is 0.123 e. The van der Waals surface area contributed by atoms with E-state index in [1.807, 2.05) is 31.2 Å². The first-order valence-corrected chi connectivity index (χ1v) is 2.63. The van der Waals surface area contributed by atoms with Crippen LogP contribution < -0.4 is 0 Å². The van der Waals surface area contributed by atoms with Crippen LogP contribution in [0.1, 0.15) is 13.3 Å². The van der Waals surface area contributed by atoms with Gasteiger partial charge < -0.3 is 4.79 Å². The van der Waals surface area contributed by atoms with Gasteiger partial charge in [0.2, 0.25) is 0 Å². The van der Waals surface area contributed by atoms with Gasteiger partial charge in [-0.25, -0.2) is 0 Å². The van der Waals surface area contributed by atoms with Crippen LogP contribution in [-0.4, -0.2) is 6.29 Å². The lowest BCUT2D eigenvalue weighted by molar-refractivity contribution is -0.107. The first-order valence-electron chi connectivity index (χ1n) is 2.63. The molecule has 0 aromatic carbocycles. The van der Waals surface area contributed by atoms with Crippen molar-refractivity contribution in [1.29, 1.82) is 0 Å². The number of rotatable bonds is 3. The fourth-order valence-corrected chi connectivity index (χ4v) is 0.324. The molecular weight excluding hydrogens is 100 g/mol. The van der Waals surface area contributed by atoms with Gasteiger partial charge in [0, 0.05) is 6.42 Å². The molecule has 0 aliphatic carbocycles. The van der Waals surface area contributed by atoms with E-state index in [0.29, 0.717) is 6.42 Å². The van der Waals surface area contributed by atoms with Gasteiger partial charge in [0.05, 0.1) is 0 Å². The summed E-state index contributed by atoms with van der Waals surface area (Å²) in [7, 11) is 0. The lowest BCUT2D eigenvalue weighted by Crippen LogP contribution is -1.62. The number of hydrogen-bond donors (Lipinski definition) is 0. The Kier molecular flexibility index (Phi) is 5.50. The lowest BCUT2D eigenvalue weighted by atomic mass is 10.4. The van der Waals surface area contributed by atoms with Crippen molar-refractivity contribution >= 4 is 6.29 Å². The molecule has 0 atom stereocenters. The van der Waals surface area contributed by atoms with Gasteiger partial charge >= 0.3 is 0 Å². The van der Waals surface area contributed by atoms with Gasteiger partial charge in [-0.05, 0) is 6.92 Å². The zero-order chi connectivity index (χ0) is 6.24. The maximum atomic E-state index is 9.69. The molecule has 0 rings (SSSR count). The Balaban J connectivity index is 3.19. The summed E-state index contributed by atoms with van der Waals surface area (Å²) in [6, 6.07) is 0. The second kappa shape index (κ2) is 6.15. The summed E-state index contributed by atoms with van der Waals surface area (Å²) in [5, 5.41) is 0. The van der Waals surface area contributed by atoms with Crippen LogP contribution in [0.5, 0.6) is 0 Å². The molecule has 44 valence electrons. The Morgan fingerprint density at radius 1 is 1.38 bits per heavy atom. The largest absolute Gasteiger partial charge is 0.303 e. The summed E-state index contributed by atoms with van der Waals surface area (Å²) < 4.78 is 0. The van der Waals surface area contributed by atoms with Crippen LogP contribution in [0.15, 0.2) is 24.3 Å². The van der Waals surface area contributed by atoms with Crippen molar-refractivity contribution in [2.24, 2.45) is 0 Å². The molecule has 1 heteroatoms. The molecule has 0 aromatic rings. The van der Waals surface area contributed by atoms with Gasteiger partial charge in [-0.3, -0.25) is 0 Å². The van der Waals surface area contributed by atoms with Crippen LogP contribution in [0.25, 0.3) is 0 Å². The number of hydrogen-bond acceptors (Lipinski definition) is 1. The Morgan fingerprint density at radius 2 is 2.12 bits per heavy atom. The van der Waals surface area contributed by atoms with Gasteiger partial charge in [0.1, 0.15) is 6.29 Å². The highest BCUT2D eigenvalue weighted by Gasteiger charge is 1.65. The molecular formula is C7H10O. The highest BCUT2D eigenvalue weighted by atomic mass is 16.1. The third-order valence-corrected chi connectivity index (χ3v) is 0.672. The van der Waals surface area contributed by atoms with Gasteiger partial charge in [-0.1, -0.05) is 24.3 Å². The zero-order valence-electron chi connectivity index (χ0n) is 5.00. The second-order valence-electron chi connectivity index (χ2n) is 1.36. The molecule has 0 saturated heterocycles. The molecule has 0 N–H and O–H groups in total. The molecule has 0 aliphatic heterocycles. The van der Waals surface area contributed by atoms with Gasteiger partial charge in [-0.15, -0.1) is 0 Å². The van der Waals surface area contributed by atoms with Crippen LogP contribution >= 0.6 is 0 Å². The molecule has 0 unspecified atom stereocenters. The topological polar surface area (TPSA) is 17.1 Å². The molecule has 0 radical (unpaired) electrons. The molecule has 0 spiro atoms. The molecule has 0 amide bonds. The molecule has 0 bridgehead atoms. The van der Waals surface area contributed by atoms with Crippen molar-refractivity contribution in [1.82, 2.24) is 0 Å². The minimum Gasteiger partial charge on any atom is -0.303 e. The Morgan fingerprint density at radius 3 is 2.62 bits per heavy atom. The molecule has 0 heterocycles. The third-order valence-electron chi connectivity index (χ3n) is 0.672. The maximum Gasteiger partial charge on any atom is 0.123 e. The molecule has 0 saturated carbocycles. The van der Waals surface area contributed by atoms with E-state index in [1.165, 1.54) is 0 Å². The molecule has 0 aliphatic rings. The first kappa shape index (κ1) is 7.15. The van der Waals surface area contributed by atoms with Gasteiger partial charge in [-0.2, -0.15) is 0 Å². The predicted molar refractivity (Wildman–Crippen MR) is 34.6 cm³/mol. The van der Waals surface area contributed by atoms with Crippen LogP contribution in [0, 0.1) is 0 Å². The fraction of sp³-hybridized carbons (Fsp3) is 0.286. The van der Waals surface area contributed by atoms with Crippen molar-refractivity contribution in [2.45, 2.75) is 13.3 Å². The van der Waals surface area contributed by atoms with Crippen molar-refractivity contribution in [3.05, 3.63) is 24.3 Å². The number of carbonyl (C=O) groups excluding carboxylic acids is 1. The second-order valence-corrected chi connectivity index (χ2v) is 1.36. The standard InChI is InChI=1S/C7H10O/c1-2-3-4-5-6-7-8/h2-5,7H,6H2,1H3/b3-2-,5-4-.